The molecule has 0 aliphatic rings. The summed E-state index contributed by atoms with van der Waals surface area (Å²) in [5, 5.41) is 3.81. The average molecular weight is 294 g/mol. The van der Waals surface area contributed by atoms with Crippen LogP contribution in [0.15, 0.2) is 29.8 Å². The van der Waals surface area contributed by atoms with Gasteiger partial charge in [0.2, 0.25) is 0 Å². The molecule has 6 heteroatoms. The van der Waals surface area contributed by atoms with Gasteiger partial charge in [-0.2, -0.15) is 0 Å². The number of carbonyl (C=O) groups is 1. The van der Waals surface area contributed by atoms with Crippen molar-refractivity contribution in [3.05, 3.63) is 46.9 Å². The Morgan fingerprint density at radius 3 is 3.10 bits per heavy atom. The van der Waals surface area contributed by atoms with Crippen LogP contribution < -0.4 is 5.32 Å². The summed E-state index contributed by atoms with van der Waals surface area (Å²) in [5.41, 5.74) is 2.80. The van der Waals surface area contributed by atoms with Gasteiger partial charge in [0.15, 0.2) is 5.69 Å². The Bertz CT molecular complexity index is 586. The molecule has 0 fully saturated rings. The van der Waals surface area contributed by atoms with E-state index in [4.69, 9.17) is 4.74 Å². The van der Waals surface area contributed by atoms with Crippen LogP contribution in [0.1, 0.15) is 23.0 Å². The highest BCUT2D eigenvalue weighted by Crippen LogP contribution is 2.21. The second kappa shape index (κ2) is 7.00. The summed E-state index contributed by atoms with van der Waals surface area (Å²) in [5.74, 6) is -0.672. The van der Waals surface area contributed by atoms with Crippen molar-refractivity contribution in [3.8, 4) is 0 Å². The molecule has 2 rings (SSSR count). The zero-order valence-electron chi connectivity index (χ0n) is 11.1. The third-order valence-corrected chi connectivity index (χ3v) is 3.41. The van der Waals surface area contributed by atoms with E-state index in [1.54, 1.807) is 18.5 Å². The molecule has 0 amide bonds. The Hall–Kier alpha value is -1.95. The largest absolute Gasteiger partial charge is 0.461 e. The zero-order valence-corrected chi connectivity index (χ0v) is 11.9. The van der Waals surface area contributed by atoms with Crippen LogP contribution in [0.25, 0.3) is 0 Å². The van der Waals surface area contributed by atoms with Gasteiger partial charge in [0, 0.05) is 6.54 Å². The topological polar surface area (TPSA) is 51.2 Å². The van der Waals surface area contributed by atoms with Crippen LogP contribution in [0.2, 0.25) is 0 Å². The van der Waals surface area contributed by atoms with Gasteiger partial charge in [0.1, 0.15) is 10.8 Å². The van der Waals surface area contributed by atoms with E-state index in [9.17, 15) is 9.18 Å². The Labute approximate surface area is 120 Å². The minimum Gasteiger partial charge on any atom is -0.461 e. The number of ether oxygens (including phenoxy) is 1. The Morgan fingerprint density at radius 1 is 1.50 bits per heavy atom. The molecule has 0 spiro atoms. The van der Waals surface area contributed by atoms with Crippen molar-refractivity contribution in [2.75, 3.05) is 18.5 Å². The number of hydrogen-bond donors (Lipinski definition) is 1. The van der Waals surface area contributed by atoms with Gasteiger partial charge in [-0.05, 0) is 31.0 Å². The van der Waals surface area contributed by atoms with Crippen molar-refractivity contribution in [1.29, 1.82) is 0 Å². The number of anilines is 1. The maximum absolute atomic E-state index is 13.0. The molecule has 0 unspecified atom stereocenters. The van der Waals surface area contributed by atoms with Gasteiger partial charge < -0.3 is 10.1 Å². The molecule has 0 radical (unpaired) electrons. The molecule has 106 valence electrons. The van der Waals surface area contributed by atoms with Crippen LogP contribution in [0.4, 0.5) is 9.39 Å². The highest BCUT2D eigenvalue weighted by Gasteiger charge is 2.15. The third kappa shape index (κ3) is 3.77. The lowest BCUT2D eigenvalue weighted by molar-refractivity contribution is 0.0521. The molecule has 0 saturated heterocycles. The van der Waals surface area contributed by atoms with Crippen LogP contribution in [0.3, 0.4) is 0 Å². The Balaban J connectivity index is 1.91. The number of rotatable bonds is 6. The molecular formula is C14H15FN2O2S. The third-order valence-electron chi connectivity index (χ3n) is 2.62. The SMILES string of the molecule is CCOC(=O)c1ncsc1NCCc1cccc(F)c1. The second-order valence-electron chi connectivity index (χ2n) is 4.06. The molecule has 0 aliphatic heterocycles. The number of benzene rings is 1. The van der Waals surface area contributed by atoms with Crippen LogP contribution in [0, 0.1) is 5.82 Å². The first kappa shape index (κ1) is 14.5. The summed E-state index contributed by atoms with van der Waals surface area (Å²) < 4.78 is 18.0. The highest BCUT2D eigenvalue weighted by atomic mass is 32.1. The van der Waals surface area contributed by atoms with Crippen LogP contribution in [-0.2, 0) is 11.2 Å². The quantitative estimate of drug-likeness (QED) is 0.832. The lowest BCUT2D eigenvalue weighted by Gasteiger charge is -2.06. The number of esters is 1. The molecule has 0 bridgehead atoms. The van der Waals surface area contributed by atoms with E-state index < -0.39 is 5.97 Å². The molecule has 1 aromatic heterocycles. The van der Waals surface area contributed by atoms with Gasteiger partial charge in [-0.3, -0.25) is 0 Å². The van der Waals surface area contributed by atoms with E-state index in [-0.39, 0.29) is 5.82 Å². The molecule has 1 aromatic carbocycles. The van der Waals surface area contributed by atoms with Gasteiger partial charge in [-0.25, -0.2) is 14.2 Å². The number of aromatic nitrogens is 1. The summed E-state index contributed by atoms with van der Waals surface area (Å²) in [6, 6.07) is 6.46. The van der Waals surface area contributed by atoms with Crippen LogP contribution >= 0.6 is 11.3 Å². The van der Waals surface area contributed by atoms with E-state index in [1.807, 2.05) is 6.07 Å². The number of nitrogens with zero attached hydrogens (tertiary/aromatic N) is 1. The van der Waals surface area contributed by atoms with E-state index in [0.29, 0.717) is 30.3 Å². The fourth-order valence-corrected chi connectivity index (χ4v) is 2.43. The fraction of sp³-hybridized carbons (Fsp3) is 0.286. The Morgan fingerprint density at radius 2 is 2.35 bits per heavy atom. The van der Waals surface area contributed by atoms with Gasteiger partial charge in [-0.1, -0.05) is 12.1 Å². The molecule has 4 nitrogen and oxygen atoms in total. The number of hydrogen-bond acceptors (Lipinski definition) is 5. The molecule has 0 saturated carbocycles. The van der Waals surface area contributed by atoms with Crippen LogP contribution in [-0.4, -0.2) is 24.1 Å². The number of halogens is 1. The molecule has 20 heavy (non-hydrogen) atoms. The smallest absolute Gasteiger partial charge is 0.360 e. The first-order valence-corrected chi connectivity index (χ1v) is 7.17. The minimum absolute atomic E-state index is 0.243. The van der Waals surface area contributed by atoms with Gasteiger partial charge in [0.25, 0.3) is 0 Å². The molecule has 1 N–H and O–H groups in total. The second-order valence-corrected chi connectivity index (χ2v) is 4.91. The van der Waals surface area contributed by atoms with Crippen molar-refractivity contribution < 1.29 is 13.9 Å². The standard InChI is InChI=1S/C14H15FN2O2S/c1-2-19-14(18)12-13(20-9-17-12)16-7-6-10-4-3-5-11(15)8-10/h3-5,8-9,16H,2,6-7H2,1H3. The van der Waals surface area contributed by atoms with E-state index in [1.165, 1.54) is 23.5 Å². The molecule has 2 aromatic rings. The maximum Gasteiger partial charge on any atom is 0.360 e. The van der Waals surface area contributed by atoms with E-state index >= 15 is 0 Å². The van der Waals surface area contributed by atoms with Crippen molar-refractivity contribution >= 4 is 22.3 Å². The molecule has 1 heterocycles. The predicted octanol–water partition coefficient (Wildman–Crippen LogP) is 3.11. The maximum atomic E-state index is 13.0. The van der Waals surface area contributed by atoms with Crippen molar-refractivity contribution in [2.24, 2.45) is 0 Å². The summed E-state index contributed by atoms with van der Waals surface area (Å²) in [7, 11) is 0. The average Bonchev–Trinajstić information content (AvgIpc) is 2.87. The fourth-order valence-electron chi connectivity index (χ4n) is 1.73. The van der Waals surface area contributed by atoms with Crippen molar-refractivity contribution in [3.63, 3.8) is 0 Å². The summed E-state index contributed by atoms with van der Waals surface area (Å²) in [6.45, 7) is 2.67. The summed E-state index contributed by atoms with van der Waals surface area (Å²) >= 11 is 1.34. The molecule has 0 atom stereocenters. The number of carbonyl (C=O) groups excluding carboxylic acids is 1. The summed E-state index contributed by atoms with van der Waals surface area (Å²) in [4.78, 5) is 15.6. The molecule has 0 aliphatic carbocycles. The lowest BCUT2D eigenvalue weighted by atomic mass is 10.1. The normalized spacial score (nSPS) is 10.3. The monoisotopic (exact) mass is 294 g/mol. The first-order valence-electron chi connectivity index (χ1n) is 6.29. The number of nitrogens with one attached hydrogen (secondary N) is 1. The Kier molecular flexibility index (Phi) is 5.06. The zero-order chi connectivity index (χ0) is 14.4. The van der Waals surface area contributed by atoms with Gasteiger partial charge in [-0.15, -0.1) is 11.3 Å². The van der Waals surface area contributed by atoms with Crippen molar-refractivity contribution in [1.82, 2.24) is 4.98 Å². The van der Waals surface area contributed by atoms with Gasteiger partial charge in [0.05, 0.1) is 12.1 Å². The lowest BCUT2D eigenvalue weighted by Crippen LogP contribution is -2.10. The van der Waals surface area contributed by atoms with E-state index in [0.717, 1.165) is 5.56 Å². The highest BCUT2D eigenvalue weighted by molar-refractivity contribution is 7.14. The minimum atomic E-state index is -0.429. The van der Waals surface area contributed by atoms with E-state index in [2.05, 4.69) is 10.3 Å². The number of thiazole rings is 1. The molecular weight excluding hydrogens is 279 g/mol. The van der Waals surface area contributed by atoms with Crippen molar-refractivity contribution in [2.45, 2.75) is 13.3 Å². The summed E-state index contributed by atoms with van der Waals surface area (Å²) in [6.07, 6.45) is 0.665. The first-order chi connectivity index (χ1) is 9.70. The van der Waals surface area contributed by atoms with Crippen LogP contribution in [0.5, 0.6) is 0 Å². The van der Waals surface area contributed by atoms with Gasteiger partial charge >= 0.3 is 5.97 Å². The predicted molar refractivity (Wildman–Crippen MR) is 76.7 cm³/mol.